The van der Waals surface area contributed by atoms with Crippen LogP contribution in [0.25, 0.3) is 5.76 Å². The number of ketones is 1. The van der Waals surface area contributed by atoms with Crippen LogP contribution in [0.15, 0.2) is 42.0 Å². The predicted octanol–water partition coefficient (Wildman–Crippen LogP) is 3.57. The largest absolute Gasteiger partial charge is 0.507 e. The first kappa shape index (κ1) is 26.9. The maximum atomic E-state index is 13.3. The van der Waals surface area contributed by atoms with Crippen LogP contribution in [0.3, 0.4) is 0 Å². The number of hydrogen-bond donors (Lipinski definition) is 2. The highest BCUT2D eigenvalue weighted by Gasteiger charge is 2.46. The number of hydrogen-bond acceptors (Lipinski definition) is 8. The van der Waals surface area contributed by atoms with E-state index < -0.39 is 17.7 Å². The number of rotatable bonds is 11. The zero-order chi connectivity index (χ0) is 26.4. The normalized spacial score (nSPS) is 17.1. The number of aromatic hydroxyl groups is 1. The number of Topliss-reactive ketones (excluding diaryl/α,β-unsaturated/α-hetero) is 1. The van der Waals surface area contributed by atoms with E-state index in [2.05, 4.69) is 0 Å². The van der Waals surface area contributed by atoms with Gasteiger partial charge in [-0.05, 0) is 70.7 Å². The minimum atomic E-state index is -0.898. The number of methoxy groups -OCH3 is 1. The van der Waals surface area contributed by atoms with Crippen molar-refractivity contribution in [3.05, 3.63) is 53.1 Å². The Morgan fingerprint density at radius 3 is 2.36 bits per heavy atom. The van der Waals surface area contributed by atoms with Crippen molar-refractivity contribution in [2.24, 2.45) is 0 Å². The van der Waals surface area contributed by atoms with Gasteiger partial charge < -0.3 is 34.2 Å². The van der Waals surface area contributed by atoms with E-state index in [1.807, 2.05) is 25.9 Å². The van der Waals surface area contributed by atoms with Crippen LogP contribution < -0.4 is 14.2 Å². The van der Waals surface area contributed by atoms with E-state index in [0.717, 1.165) is 0 Å². The molecular formula is C27H34N2O7. The highest BCUT2D eigenvalue weighted by atomic mass is 16.5. The van der Waals surface area contributed by atoms with Crippen molar-refractivity contribution in [2.45, 2.75) is 26.3 Å². The van der Waals surface area contributed by atoms with Gasteiger partial charge in [0, 0.05) is 12.6 Å². The molecule has 1 heterocycles. The molecule has 2 N–H and O–H groups in total. The molecule has 0 spiro atoms. The van der Waals surface area contributed by atoms with E-state index in [4.69, 9.17) is 14.2 Å². The number of aliphatic hydroxyl groups excluding tert-OH is 1. The first-order valence-electron chi connectivity index (χ1n) is 11.9. The topological polar surface area (TPSA) is 109 Å². The summed E-state index contributed by atoms with van der Waals surface area (Å²) in [6.07, 6.45) is 0.617. The quantitative estimate of drug-likeness (QED) is 0.275. The van der Waals surface area contributed by atoms with E-state index in [1.165, 1.54) is 18.1 Å². The van der Waals surface area contributed by atoms with Crippen LogP contribution in [0.4, 0.5) is 0 Å². The number of amides is 1. The number of aliphatic hydroxyl groups is 1. The van der Waals surface area contributed by atoms with Gasteiger partial charge in [-0.15, -0.1) is 0 Å². The molecule has 1 saturated heterocycles. The lowest BCUT2D eigenvalue weighted by atomic mass is 9.94. The summed E-state index contributed by atoms with van der Waals surface area (Å²) in [5, 5.41) is 21.9. The molecule has 1 unspecified atom stereocenters. The van der Waals surface area contributed by atoms with Crippen molar-refractivity contribution < 1.29 is 34.0 Å². The maximum Gasteiger partial charge on any atom is 0.295 e. The summed E-state index contributed by atoms with van der Waals surface area (Å²) in [5.41, 5.74) is 0.677. The minimum absolute atomic E-state index is 0.0699. The average Bonchev–Trinajstić information content (AvgIpc) is 3.09. The second-order valence-corrected chi connectivity index (χ2v) is 8.60. The SMILES string of the molecule is CCOc1ccc(/C(O)=C2/C(=O)C(=O)N(CCCN(C)C)C2c2ccc(OC)c(O)c2)c(OCC)c1. The molecule has 1 aliphatic rings. The van der Waals surface area contributed by atoms with Crippen molar-refractivity contribution in [3.8, 4) is 23.0 Å². The van der Waals surface area contributed by atoms with E-state index in [1.54, 1.807) is 37.3 Å². The van der Waals surface area contributed by atoms with Crippen LogP contribution in [0.2, 0.25) is 0 Å². The van der Waals surface area contributed by atoms with Crippen molar-refractivity contribution in [3.63, 3.8) is 0 Å². The van der Waals surface area contributed by atoms with Crippen LogP contribution in [0, 0.1) is 0 Å². The first-order chi connectivity index (χ1) is 17.2. The van der Waals surface area contributed by atoms with Gasteiger partial charge >= 0.3 is 0 Å². The van der Waals surface area contributed by atoms with E-state index >= 15 is 0 Å². The third kappa shape index (κ3) is 5.57. The number of phenols is 1. The Bertz CT molecular complexity index is 1140. The molecule has 1 aliphatic heterocycles. The maximum absolute atomic E-state index is 13.3. The molecule has 0 aliphatic carbocycles. The molecule has 0 saturated carbocycles. The fourth-order valence-electron chi connectivity index (χ4n) is 4.27. The molecule has 0 bridgehead atoms. The molecule has 36 heavy (non-hydrogen) atoms. The molecular weight excluding hydrogens is 464 g/mol. The Balaban J connectivity index is 2.17. The van der Waals surface area contributed by atoms with E-state index in [0.29, 0.717) is 49.8 Å². The highest BCUT2D eigenvalue weighted by molar-refractivity contribution is 6.46. The van der Waals surface area contributed by atoms with Gasteiger partial charge in [-0.1, -0.05) is 6.07 Å². The second-order valence-electron chi connectivity index (χ2n) is 8.60. The molecule has 0 radical (unpaired) electrons. The van der Waals surface area contributed by atoms with Gasteiger partial charge in [-0.25, -0.2) is 0 Å². The lowest BCUT2D eigenvalue weighted by Crippen LogP contribution is -2.32. The second kappa shape index (κ2) is 11.8. The summed E-state index contributed by atoms with van der Waals surface area (Å²) in [6, 6.07) is 8.70. The predicted molar refractivity (Wildman–Crippen MR) is 136 cm³/mol. The number of nitrogens with zero attached hydrogens (tertiary/aromatic N) is 2. The summed E-state index contributed by atoms with van der Waals surface area (Å²) in [5.74, 6) is -0.850. The van der Waals surface area contributed by atoms with Crippen molar-refractivity contribution in [1.82, 2.24) is 9.80 Å². The zero-order valence-corrected chi connectivity index (χ0v) is 21.4. The fraction of sp³-hybridized carbons (Fsp3) is 0.407. The van der Waals surface area contributed by atoms with Gasteiger partial charge in [0.25, 0.3) is 11.7 Å². The standard InChI is InChI=1S/C27H34N2O7/c1-6-35-18-10-11-19(22(16-18)36-7-2)25(31)23-24(17-9-12-21(34-5)20(30)15-17)29(27(33)26(23)32)14-8-13-28(3)4/h9-12,15-16,24,30-31H,6-8,13-14H2,1-5H3/b25-23-. The lowest BCUT2D eigenvalue weighted by Gasteiger charge is -2.26. The monoisotopic (exact) mass is 498 g/mol. The van der Waals surface area contributed by atoms with Crippen molar-refractivity contribution >= 4 is 17.4 Å². The molecule has 194 valence electrons. The summed E-state index contributed by atoms with van der Waals surface area (Å²) in [4.78, 5) is 29.9. The summed E-state index contributed by atoms with van der Waals surface area (Å²) >= 11 is 0. The summed E-state index contributed by atoms with van der Waals surface area (Å²) in [6.45, 7) is 5.44. The molecule has 9 nitrogen and oxygen atoms in total. The van der Waals surface area contributed by atoms with Gasteiger partial charge in [0.05, 0.1) is 37.5 Å². The van der Waals surface area contributed by atoms with Crippen LogP contribution in [-0.2, 0) is 9.59 Å². The minimum Gasteiger partial charge on any atom is -0.507 e. The molecule has 9 heteroatoms. The van der Waals surface area contributed by atoms with Gasteiger partial charge in [0.15, 0.2) is 11.5 Å². The van der Waals surface area contributed by atoms with Gasteiger partial charge in [-0.2, -0.15) is 0 Å². The Kier molecular flexibility index (Phi) is 8.82. The molecule has 2 aromatic carbocycles. The number of carbonyl (C=O) groups is 2. The Hall–Kier alpha value is -3.72. The van der Waals surface area contributed by atoms with E-state index in [-0.39, 0.29) is 28.4 Å². The smallest absolute Gasteiger partial charge is 0.295 e. The first-order valence-corrected chi connectivity index (χ1v) is 11.9. The molecule has 2 aromatic rings. The van der Waals surface area contributed by atoms with Crippen molar-refractivity contribution in [2.75, 3.05) is 47.5 Å². The van der Waals surface area contributed by atoms with Crippen LogP contribution >= 0.6 is 0 Å². The van der Waals surface area contributed by atoms with Gasteiger partial charge in [0.2, 0.25) is 0 Å². The third-order valence-electron chi connectivity index (χ3n) is 5.88. The van der Waals surface area contributed by atoms with Crippen LogP contribution in [0.1, 0.15) is 37.4 Å². The molecule has 1 fully saturated rings. The Labute approximate surface area is 211 Å². The van der Waals surface area contributed by atoms with Crippen LogP contribution in [-0.4, -0.2) is 79.2 Å². The highest BCUT2D eigenvalue weighted by Crippen LogP contribution is 2.43. The van der Waals surface area contributed by atoms with Gasteiger partial charge in [-0.3, -0.25) is 9.59 Å². The summed E-state index contributed by atoms with van der Waals surface area (Å²) in [7, 11) is 5.28. The van der Waals surface area contributed by atoms with Crippen molar-refractivity contribution in [1.29, 1.82) is 0 Å². The Morgan fingerprint density at radius 2 is 1.75 bits per heavy atom. The van der Waals surface area contributed by atoms with E-state index in [9.17, 15) is 19.8 Å². The number of phenolic OH excluding ortho intramolecular Hbond substituents is 1. The molecule has 3 rings (SSSR count). The number of likely N-dealkylation sites (tertiary alicyclic amines) is 1. The Morgan fingerprint density at radius 1 is 1.03 bits per heavy atom. The summed E-state index contributed by atoms with van der Waals surface area (Å²) < 4.78 is 16.4. The zero-order valence-electron chi connectivity index (χ0n) is 21.4. The van der Waals surface area contributed by atoms with Crippen LogP contribution in [0.5, 0.6) is 23.0 Å². The number of carbonyl (C=O) groups excluding carboxylic acids is 2. The lowest BCUT2D eigenvalue weighted by molar-refractivity contribution is -0.139. The molecule has 1 amide bonds. The van der Waals surface area contributed by atoms with Gasteiger partial charge in [0.1, 0.15) is 17.3 Å². The molecule has 0 aromatic heterocycles. The fourth-order valence-corrected chi connectivity index (χ4v) is 4.27. The average molecular weight is 499 g/mol. The number of ether oxygens (including phenoxy) is 3. The molecule has 1 atom stereocenters. The third-order valence-corrected chi connectivity index (χ3v) is 5.88. The number of benzene rings is 2.